The maximum Gasteiger partial charge on any atom is 0.303 e. The molecule has 1 saturated heterocycles. The Balaban J connectivity index is 2.71. The number of rotatable bonds is 4. The van der Waals surface area contributed by atoms with Crippen molar-refractivity contribution in [3.63, 3.8) is 0 Å². The fraction of sp³-hybridized carbons (Fsp3) is 0.750. The maximum atomic E-state index is 11.1. The Hall–Kier alpha value is -1.15. The molecule has 0 amide bonds. The van der Waals surface area contributed by atoms with Gasteiger partial charge in [-0.2, -0.15) is 0 Å². The highest BCUT2D eigenvalue weighted by atomic mass is 79.9. The van der Waals surface area contributed by atoms with Gasteiger partial charge >= 0.3 is 17.9 Å². The number of hydrogen-bond donors (Lipinski definition) is 0. The molecule has 0 saturated carbocycles. The predicted octanol–water partition coefficient (Wildman–Crippen LogP) is 0.923. The number of hydrogen-bond acceptors (Lipinski definition) is 7. The molecule has 0 radical (unpaired) electrons. The highest BCUT2D eigenvalue weighted by Gasteiger charge is 2.42. The van der Waals surface area contributed by atoms with Gasteiger partial charge in [-0.1, -0.05) is 15.9 Å². The van der Waals surface area contributed by atoms with Crippen molar-refractivity contribution in [2.75, 3.05) is 6.61 Å². The highest BCUT2D eigenvalue weighted by Crippen LogP contribution is 2.29. The molecule has 0 aromatic rings. The summed E-state index contributed by atoms with van der Waals surface area (Å²) in [4.78, 5) is 33.0. The first-order valence-electron chi connectivity index (χ1n) is 6.07. The molecule has 7 nitrogen and oxygen atoms in total. The molecule has 20 heavy (non-hydrogen) atoms. The first-order valence-corrected chi connectivity index (χ1v) is 6.98. The lowest BCUT2D eigenvalue weighted by Gasteiger charge is -2.37. The van der Waals surface area contributed by atoms with Crippen molar-refractivity contribution < 1.29 is 33.3 Å². The average molecular weight is 353 g/mol. The van der Waals surface area contributed by atoms with Crippen LogP contribution in [-0.2, 0) is 33.3 Å². The lowest BCUT2D eigenvalue weighted by molar-refractivity contribution is -0.196. The van der Waals surface area contributed by atoms with E-state index in [4.69, 9.17) is 18.9 Å². The zero-order valence-electron chi connectivity index (χ0n) is 11.5. The predicted molar refractivity (Wildman–Crippen MR) is 69.9 cm³/mol. The normalized spacial score (nSPS) is 29.4. The third-order valence-corrected chi connectivity index (χ3v) is 3.27. The second-order valence-electron chi connectivity index (χ2n) is 4.37. The van der Waals surface area contributed by atoms with Gasteiger partial charge in [0.25, 0.3) is 0 Å². The molecular weight excluding hydrogens is 336 g/mol. The van der Waals surface area contributed by atoms with E-state index in [0.29, 0.717) is 0 Å². The molecule has 0 aliphatic carbocycles. The van der Waals surface area contributed by atoms with Crippen LogP contribution >= 0.6 is 15.9 Å². The van der Waals surface area contributed by atoms with Crippen LogP contribution in [0.15, 0.2) is 0 Å². The van der Waals surface area contributed by atoms with Gasteiger partial charge in [-0.3, -0.25) is 14.4 Å². The fourth-order valence-corrected chi connectivity index (χ4v) is 2.60. The standard InChI is InChI=1S/C12H17BrO7/c1-6(14)17-5-9-4-10(18-7(2)15)11(12(13)20-9)19-8(3)16/h9-12H,4-5H2,1-3H3/t9-,10-,11+,12-/m0/s1. The monoisotopic (exact) mass is 352 g/mol. The van der Waals surface area contributed by atoms with Gasteiger partial charge in [0.1, 0.15) is 12.7 Å². The zero-order chi connectivity index (χ0) is 15.3. The molecule has 114 valence electrons. The Morgan fingerprint density at radius 3 is 2.20 bits per heavy atom. The summed E-state index contributed by atoms with van der Waals surface area (Å²) in [5.41, 5.74) is 0. The Morgan fingerprint density at radius 2 is 1.70 bits per heavy atom. The van der Waals surface area contributed by atoms with Crippen LogP contribution in [-0.4, -0.2) is 47.8 Å². The Labute approximate surface area is 125 Å². The Morgan fingerprint density at radius 1 is 1.10 bits per heavy atom. The van der Waals surface area contributed by atoms with E-state index in [-0.39, 0.29) is 13.0 Å². The van der Waals surface area contributed by atoms with E-state index in [1.807, 2.05) is 0 Å². The van der Waals surface area contributed by atoms with Gasteiger partial charge in [0, 0.05) is 27.2 Å². The van der Waals surface area contributed by atoms with Crippen molar-refractivity contribution in [3.05, 3.63) is 0 Å². The number of carbonyl (C=O) groups excluding carboxylic acids is 3. The Bertz CT molecular complexity index is 384. The minimum Gasteiger partial charge on any atom is -0.463 e. The second kappa shape index (κ2) is 7.58. The lowest BCUT2D eigenvalue weighted by atomic mass is 10.0. The smallest absolute Gasteiger partial charge is 0.303 e. The van der Waals surface area contributed by atoms with Crippen LogP contribution in [0.25, 0.3) is 0 Å². The minimum atomic E-state index is -0.745. The summed E-state index contributed by atoms with van der Waals surface area (Å²) in [6.07, 6.45) is -1.58. The number of ether oxygens (including phenoxy) is 4. The molecule has 1 aliphatic rings. The van der Waals surface area contributed by atoms with E-state index in [9.17, 15) is 14.4 Å². The van der Waals surface area contributed by atoms with Gasteiger partial charge in [-0.05, 0) is 0 Å². The molecule has 4 atom stereocenters. The molecule has 0 spiro atoms. The van der Waals surface area contributed by atoms with E-state index in [2.05, 4.69) is 15.9 Å². The van der Waals surface area contributed by atoms with Crippen LogP contribution in [0.1, 0.15) is 27.2 Å². The van der Waals surface area contributed by atoms with Crippen LogP contribution in [0.2, 0.25) is 0 Å². The van der Waals surface area contributed by atoms with Crippen molar-refractivity contribution in [1.82, 2.24) is 0 Å². The van der Waals surface area contributed by atoms with E-state index in [1.54, 1.807) is 0 Å². The first-order chi connectivity index (χ1) is 9.29. The number of carbonyl (C=O) groups is 3. The molecule has 0 aromatic heterocycles. The molecule has 0 bridgehead atoms. The van der Waals surface area contributed by atoms with E-state index < -0.39 is 41.2 Å². The van der Waals surface area contributed by atoms with Crippen LogP contribution in [0.4, 0.5) is 0 Å². The van der Waals surface area contributed by atoms with Gasteiger partial charge in [0.15, 0.2) is 11.1 Å². The van der Waals surface area contributed by atoms with Crippen molar-refractivity contribution in [1.29, 1.82) is 0 Å². The molecule has 1 fully saturated rings. The summed E-state index contributed by atoms with van der Waals surface area (Å²) < 4.78 is 20.6. The van der Waals surface area contributed by atoms with Gasteiger partial charge in [0.05, 0.1) is 6.10 Å². The van der Waals surface area contributed by atoms with Crippen LogP contribution < -0.4 is 0 Å². The van der Waals surface area contributed by atoms with Crippen LogP contribution in [0, 0.1) is 0 Å². The summed E-state index contributed by atoms with van der Waals surface area (Å²) in [5, 5.41) is -0.648. The number of alkyl halides is 1. The van der Waals surface area contributed by atoms with E-state index in [0.717, 1.165) is 0 Å². The van der Waals surface area contributed by atoms with E-state index in [1.165, 1.54) is 20.8 Å². The summed E-state index contributed by atoms with van der Waals surface area (Å²) in [7, 11) is 0. The Kier molecular flexibility index (Phi) is 6.41. The van der Waals surface area contributed by atoms with Crippen molar-refractivity contribution in [3.8, 4) is 0 Å². The third-order valence-electron chi connectivity index (χ3n) is 2.53. The molecule has 0 aromatic carbocycles. The molecule has 1 rings (SSSR count). The van der Waals surface area contributed by atoms with Gasteiger partial charge in [-0.15, -0.1) is 0 Å². The molecular formula is C12H17BrO7. The summed E-state index contributed by atoms with van der Waals surface area (Å²) in [6.45, 7) is 3.86. The molecule has 0 N–H and O–H groups in total. The molecule has 8 heteroatoms. The topological polar surface area (TPSA) is 88.1 Å². The highest BCUT2D eigenvalue weighted by molar-refractivity contribution is 9.09. The molecule has 0 unspecified atom stereocenters. The molecule has 1 heterocycles. The van der Waals surface area contributed by atoms with Gasteiger partial charge in [0.2, 0.25) is 0 Å². The van der Waals surface area contributed by atoms with E-state index >= 15 is 0 Å². The van der Waals surface area contributed by atoms with Crippen molar-refractivity contribution >= 4 is 33.8 Å². The second-order valence-corrected chi connectivity index (χ2v) is 5.27. The number of halogens is 1. The summed E-state index contributed by atoms with van der Waals surface area (Å²) in [6, 6.07) is 0. The van der Waals surface area contributed by atoms with Gasteiger partial charge < -0.3 is 18.9 Å². The largest absolute Gasteiger partial charge is 0.463 e. The van der Waals surface area contributed by atoms with Crippen molar-refractivity contribution in [2.45, 2.75) is 50.5 Å². The average Bonchev–Trinajstić information content (AvgIpc) is 2.29. The molecule has 1 aliphatic heterocycles. The third kappa shape index (κ3) is 5.46. The maximum absolute atomic E-state index is 11.1. The first kappa shape index (κ1) is 16.9. The van der Waals surface area contributed by atoms with Crippen LogP contribution in [0.5, 0.6) is 0 Å². The number of esters is 3. The van der Waals surface area contributed by atoms with Crippen LogP contribution in [0.3, 0.4) is 0 Å². The van der Waals surface area contributed by atoms with Crippen molar-refractivity contribution in [2.24, 2.45) is 0 Å². The SMILES string of the molecule is CC(=O)OC[C@@H]1C[C@H](OC(C)=O)[C@@H](OC(C)=O)[C@@H](Br)O1. The lowest BCUT2D eigenvalue weighted by Crippen LogP contribution is -2.50. The summed E-state index contributed by atoms with van der Waals surface area (Å²) >= 11 is 3.23. The minimum absolute atomic E-state index is 0.0436. The quantitative estimate of drug-likeness (QED) is 0.422. The zero-order valence-corrected chi connectivity index (χ0v) is 13.0. The van der Waals surface area contributed by atoms with Gasteiger partial charge in [-0.25, -0.2) is 0 Å². The summed E-state index contributed by atoms with van der Waals surface area (Å²) in [5.74, 6) is -1.41. The fourth-order valence-electron chi connectivity index (χ4n) is 1.85.